The number of aromatic nitrogens is 2. The molecule has 3 aromatic rings. The number of halogens is 3. The molecule has 27 heavy (non-hydrogen) atoms. The normalized spacial score (nSPS) is 11.9. The summed E-state index contributed by atoms with van der Waals surface area (Å²) >= 11 is 6.07. The van der Waals surface area contributed by atoms with E-state index in [2.05, 4.69) is 5.10 Å². The van der Waals surface area contributed by atoms with Gasteiger partial charge in [0.15, 0.2) is 0 Å². The largest absolute Gasteiger partial charge is 0.326 e. The van der Waals surface area contributed by atoms with Crippen molar-refractivity contribution < 1.29 is 17.2 Å². The van der Waals surface area contributed by atoms with Gasteiger partial charge < -0.3 is 5.73 Å². The summed E-state index contributed by atoms with van der Waals surface area (Å²) in [5, 5.41) is 9.50. The maximum Gasteiger partial charge on any atom is 0.282 e. The van der Waals surface area contributed by atoms with Crippen molar-refractivity contribution in [3.8, 4) is 16.9 Å². The van der Waals surface area contributed by atoms with Crippen molar-refractivity contribution in [2.45, 2.75) is 17.9 Å². The number of sulfonamides is 1. The van der Waals surface area contributed by atoms with E-state index >= 15 is 0 Å². The van der Waals surface area contributed by atoms with Crippen molar-refractivity contribution in [2.24, 2.45) is 10.9 Å². The van der Waals surface area contributed by atoms with Gasteiger partial charge in [-0.15, -0.1) is 0 Å². The molecule has 1 heterocycles. The molecule has 2 aromatic carbocycles. The van der Waals surface area contributed by atoms with Crippen LogP contribution in [0.3, 0.4) is 0 Å². The third-order valence-corrected chi connectivity index (χ3v) is 5.22. The molecule has 0 amide bonds. The standard InChI is InChI=1S/C17H15ClF2N4O2S/c18-14-6-1-10(7-11(14)9-21)16-8-15(17(19)20)23-24(16)12-2-4-13(5-3-12)27(22,25)26/h1-8,17H,9,21H2,(H2,22,25,26). The zero-order chi connectivity index (χ0) is 19.8. The molecule has 0 fully saturated rings. The van der Waals surface area contributed by atoms with Crippen molar-refractivity contribution in [1.29, 1.82) is 0 Å². The Kier molecular flexibility index (Phi) is 5.29. The fourth-order valence-corrected chi connectivity index (χ4v) is 3.29. The Labute approximate surface area is 159 Å². The Bertz CT molecular complexity index is 1080. The lowest BCUT2D eigenvalue weighted by molar-refractivity contribution is 0.145. The first-order chi connectivity index (χ1) is 12.7. The van der Waals surface area contributed by atoms with Crippen molar-refractivity contribution in [1.82, 2.24) is 9.78 Å². The maximum absolute atomic E-state index is 13.2. The van der Waals surface area contributed by atoms with E-state index in [0.29, 0.717) is 27.5 Å². The summed E-state index contributed by atoms with van der Waals surface area (Å²) in [6.45, 7) is 0.186. The van der Waals surface area contributed by atoms with Crippen LogP contribution in [0.5, 0.6) is 0 Å². The van der Waals surface area contributed by atoms with Crippen LogP contribution in [0.15, 0.2) is 53.4 Å². The monoisotopic (exact) mass is 412 g/mol. The third kappa shape index (κ3) is 4.01. The van der Waals surface area contributed by atoms with Crippen molar-refractivity contribution >= 4 is 21.6 Å². The number of nitrogens with two attached hydrogens (primary N) is 2. The van der Waals surface area contributed by atoms with Gasteiger partial charge in [0.25, 0.3) is 6.43 Å². The summed E-state index contributed by atoms with van der Waals surface area (Å²) in [6, 6.07) is 11.7. The molecule has 142 valence electrons. The van der Waals surface area contributed by atoms with E-state index in [9.17, 15) is 17.2 Å². The second kappa shape index (κ2) is 7.35. The molecule has 0 radical (unpaired) electrons. The van der Waals surface area contributed by atoms with Gasteiger partial charge in [0.05, 0.1) is 16.3 Å². The second-order valence-corrected chi connectivity index (χ2v) is 7.68. The summed E-state index contributed by atoms with van der Waals surface area (Å²) in [4.78, 5) is -0.0917. The molecule has 0 aliphatic rings. The quantitative estimate of drug-likeness (QED) is 0.671. The van der Waals surface area contributed by atoms with Crippen LogP contribution in [-0.2, 0) is 16.6 Å². The predicted octanol–water partition coefficient (Wildman–Crippen LogP) is 3.24. The van der Waals surface area contributed by atoms with Gasteiger partial charge in [-0.05, 0) is 48.0 Å². The number of hydrogen-bond donors (Lipinski definition) is 2. The van der Waals surface area contributed by atoms with E-state index in [1.807, 2.05) is 0 Å². The molecular weight excluding hydrogens is 398 g/mol. The zero-order valence-electron chi connectivity index (χ0n) is 13.8. The van der Waals surface area contributed by atoms with E-state index in [1.165, 1.54) is 35.0 Å². The van der Waals surface area contributed by atoms with Crippen molar-refractivity contribution in [2.75, 3.05) is 0 Å². The lowest BCUT2D eigenvalue weighted by Crippen LogP contribution is -2.12. The smallest absolute Gasteiger partial charge is 0.282 e. The number of hydrogen-bond acceptors (Lipinski definition) is 4. The summed E-state index contributed by atoms with van der Waals surface area (Å²) in [6.07, 6.45) is -2.77. The van der Waals surface area contributed by atoms with Crippen LogP contribution in [0.2, 0.25) is 5.02 Å². The number of alkyl halides is 2. The topological polar surface area (TPSA) is 104 Å². The minimum atomic E-state index is -3.86. The molecule has 0 atom stereocenters. The lowest BCUT2D eigenvalue weighted by Gasteiger charge is -2.10. The first-order valence-electron chi connectivity index (χ1n) is 7.71. The highest BCUT2D eigenvalue weighted by molar-refractivity contribution is 7.89. The van der Waals surface area contributed by atoms with E-state index in [-0.39, 0.29) is 11.4 Å². The molecule has 0 bridgehead atoms. The molecule has 4 N–H and O–H groups in total. The lowest BCUT2D eigenvalue weighted by atomic mass is 10.1. The van der Waals surface area contributed by atoms with E-state index < -0.39 is 22.1 Å². The fraction of sp³-hybridized carbons (Fsp3) is 0.118. The van der Waals surface area contributed by atoms with Gasteiger partial charge in [0.1, 0.15) is 5.69 Å². The molecule has 0 aliphatic carbocycles. The molecule has 10 heteroatoms. The average molecular weight is 413 g/mol. The van der Waals surface area contributed by atoms with Crippen LogP contribution >= 0.6 is 11.6 Å². The van der Waals surface area contributed by atoms with Gasteiger partial charge in [0.2, 0.25) is 10.0 Å². The molecule has 0 unspecified atom stereocenters. The maximum atomic E-state index is 13.2. The van der Waals surface area contributed by atoms with Crippen LogP contribution in [0.4, 0.5) is 8.78 Å². The summed E-state index contributed by atoms with van der Waals surface area (Å²) in [5.41, 5.74) is 7.29. The van der Waals surface area contributed by atoms with Gasteiger partial charge in [-0.1, -0.05) is 17.7 Å². The first kappa shape index (κ1) is 19.4. The van der Waals surface area contributed by atoms with Crippen LogP contribution in [0.1, 0.15) is 17.7 Å². The Morgan fingerprint density at radius 3 is 2.33 bits per heavy atom. The van der Waals surface area contributed by atoms with Gasteiger partial charge >= 0.3 is 0 Å². The Morgan fingerprint density at radius 2 is 1.78 bits per heavy atom. The van der Waals surface area contributed by atoms with Gasteiger partial charge in [-0.2, -0.15) is 5.10 Å². The molecule has 1 aromatic heterocycles. The number of nitrogens with zero attached hydrogens (tertiary/aromatic N) is 2. The molecule has 0 aliphatic heterocycles. The first-order valence-corrected chi connectivity index (χ1v) is 9.63. The molecular formula is C17H15ClF2N4O2S. The highest BCUT2D eigenvalue weighted by Gasteiger charge is 2.19. The third-order valence-electron chi connectivity index (χ3n) is 3.92. The van der Waals surface area contributed by atoms with E-state index in [4.69, 9.17) is 22.5 Å². The minimum Gasteiger partial charge on any atom is -0.326 e. The van der Waals surface area contributed by atoms with Crippen LogP contribution in [-0.4, -0.2) is 18.2 Å². The van der Waals surface area contributed by atoms with Crippen LogP contribution in [0.25, 0.3) is 16.9 Å². The minimum absolute atomic E-state index is 0.0917. The highest BCUT2D eigenvalue weighted by atomic mass is 35.5. The fourth-order valence-electron chi connectivity index (χ4n) is 2.58. The summed E-state index contributed by atoms with van der Waals surface area (Å²) in [5.74, 6) is 0. The molecule has 0 spiro atoms. The number of benzene rings is 2. The van der Waals surface area contributed by atoms with Crippen LogP contribution < -0.4 is 10.9 Å². The number of rotatable bonds is 5. The summed E-state index contributed by atoms with van der Waals surface area (Å²) < 4.78 is 50.5. The molecule has 6 nitrogen and oxygen atoms in total. The van der Waals surface area contributed by atoms with Crippen LogP contribution in [0, 0.1) is 0 Å². The second-order valence-electron chi connectivity index (χ2n) is 5.72. The molecule has 0 saturated carbocycles. The molecule has 0 saturated heterocycles. The van der Waals surface area contributed by atoms with Gasteiger partial charge in [-0.25, -0.2) is 27.0 Å². The molecule has 3 rings (SSSR count). The predicted molar refractivity (Wildman–Crippen MR) is 98.2 cm³/mol. The Balaban J connectivity index is 2.16. The van der Waals surface area contributed by atoms with E-state index in [1.54, 1.807) is 18.2 Å². The van der Waals surface area contributed by atoms with Gasteiger partial charge in [-0.3, -0.25) is 0 Å². The number of primary sulfonamides is 1. The van der Waals surface area contributed by atoms with Crippen molar-refractivity contribution in [3.05, 3.63) is 64.8 Å². The van der Waals surface area contributed by atoms with Crippen molar-refractivity contribution in [3.63, 3.8) is 0 Å². The average Bonchev–Trinajstić information content (AvgIpc) is 3.07. The SMILES string of the molecule is NCc1cc(-c2cc(C(F)F)nn2-c2ccc(S(N)(=O)=O)cc2)ccc1Cl. The zero-order valence-corrected chi connectivity index (χ0v) is 15.4. The highest BCUT2D eigenvalue weighted by Crippen LogP contribution is 2.30. The van der Waals surface area contributed by atoms with Gasteiger partial charge in [0, 0.05) is 17.1 Å². The van der Waals surface area contributed by atoms with E-state index in [0.717, 1.165) is 0 Å². The Hall–Kier alpha value is -2.33. The Morgan fingerprint density at radius 1 is 1.11 bits per heavy atom. The summed E-state index contributed by atoms with van der Waals surface area (Å²) in [7, 11) is -3.86.